The van der Waals surface area contributed by atoms with Gasteiger partial charge in [0.15, 0.2) is 0 Å². The molecule has 0 saturated carbocycles. The van der Waals surface area contributed by atoms with Crippen molar-refractivity contribution in [2.24, 2.45) is 0 Å². The van der Waals surface area contributed by atoms with E-state index in [0.717, 1.165) is 6.42 Å². The molecule has 0 amide bonds. The zero-order valence-corrected chi connectivity index (χ0v) is 10.2. The average Bonchev–Trinajstić information content (AvgIpc) is 2.81. The predicted molar refractivity (Wildman–Crippen MR) is 64.3 cm³/mol. The molecule has 0 aliphatic carbocycles. The number of methoxy groups -OCH3 is 1. The van der Waals surface area contributed by atoms with Gasteiger partial charge in [0, 0.05) is 12.5 Å². The standard InChI is InChI=1S/C13H16FNO3/c1-18-10-4-3-9(11(14)7-10)8-13(12(16)17)5-2-6-15-13/h3-4,7,15H,2,5-6,8H2,1H3,(H,16,17). The first kappa shape index (κ1) is 12.8. The van der Waals surface area contributed by atoms with E-state index < -0.39 is 17.3 Å². The summed E-state index contributed by atoms with van der Waals surface area (Å²) in [5.41, 5.74) is -0.636. The second-order valence-corrected chi connectivity index (χ2v) is 4.55. The average molecular weight is 253 g/mol. The third-order valence-electron chi connectivity index (χ3n) is 3.41. The van der Waals surface area contributed by atoms with Crippen molar-refractivity contribution in [2.75, 3.05) is 13.7 Å². The van der Waals surface area contributed by atoms with E-state index in [2.05, 4.69) is 5.32 Å². The number of halogens is 1. The summed E-state index contributed by atoms with van der Waals surface area (Å²) in [7, 11) is 1.46. The molecule has 1 aliphatic rings. The molecule has 1 atom stereocenters. The van der Waals surface area contributed by atoms with Crippen LogP contribution in [0, 0.1) is 5.82 Å². The molecule has 1 saturated heterocycles. The van der Waals surface area contributed by atoms with Gasteiger partial charge in [-0.1, -0.05) is 6.07 Å². The molecule has 4 nitrogen and oxygen atoms in total. The van der Waals surface area contributed by atoms with Crippen molar-refractivity contribution in [3.8, 4) is 5.75 Å². The molecule has 0 aromatic heterocycles. The zero-order valence-electron chi connectivity index (χ0n) is 10.2. The molecule has 18 heavy (non-hydrogen) atoms. The Kier molecular flexibility index (Phi) is 3.52. The summed E-state index contributed by atoms with van der Waals surface area (Å²) < 4.78 is 18.7. The molecule has 0 radical (unpaired) electrons. The summed E-state index contributed by atoms with van der Waals surface area (Å²) in [6, 6.07) is 4.50. The number of benzene rings is 1. The monoisotopic (exact) mass is 253 g/mol. The Hall–Kier alpha value is -1.62. The Morgan fingerprint density at radius 1 is 1.61 bits per heavy atom. The molecular formula is C13H16FNO3. The fourth-order valence-electron chi connectivity index (χ4n) is 2.34. The van der Waals surface area contributed by atoms with Gasteiger partial charge in [0.05, 0.1) is 7.11 Å². The molecule has 1 fully saturated rings. The van der Waals surface area contributed by atoms with Gasteiger partial charge in [0.25, 0.3) is 0 Å². The van der Waals surface area contributed by atoms with Crippen molar-refractivity contribution < 1.29 is 19.0 Å². The molecule has 1 aliphatic heterocycles. The van der Waals surface area contributed by atoms with E-state index in [1.54, 1.807) is 12.1 Å². The Morgan fingerprint density at radius 3 is 2.89 bits per heavy atom. The largest absolute Gasteiger partial charge is 0.497 e. The summed E-state index contributed by atoms with van der Waals surface area (Å²) in [5.74, 6) is -0.918. The Morgan fingerprint density at radius 2 is 2.39 bits per heavy atom. The van der Waals surface area contributed by atoms with Crippen molar-refractivity contribution >= 4 is 5.97 Å². The Labute approximate surface area is 105 Å². The van der Waals surface area contributed by atoms with Gasteiger partial charge in [-0.3, -0.25) is 4.79 Å². The van der Waals surface area contributed by atoms with Gasteiger partial charge in [-0.15, -0.1) is 0 Å². The van der Waals surface area contributed by atoms with Crippen LogP contribution < -0.4 is 10.1 Å². The highest BCUT2D eigenvalue weighted by atomic mass is 19.1. The number of hydrogen-bond donors (Lipinski definition) is 2. The maximum atomic E-state index is 13.8. The van der Waals surface area contributed by atoms with Gasteiger partial charge >= 0.3 is 5.97 Å². The summed E-state index contributed by atoms with van der Waals surface area (Å²) >= 11 is 0. The highest BCUT2D eigenvalue weighted by molar-refractivity contribution is 5.79. The van der Waals surface area contributed by atoms with Gasteiger partial charge in [-0.05, 0) is 31.0 Å². The quantitative estimate of drug-likeness (QED) is 0.855. The van der Waals surface area contributed by atoms with Crippen LogP contribution in [0.5, 0.6) is 5.75 Å². The second-order valence-electron chi connectivity index (χ2n) is 4.55. The van der Waals surface area contributed by atoms with E-state index >= 15 is 0 Å². The molecule has 0 bridgehead atoms. The summed E-state index contributed by atoms with van der Waals surface area (Å²) in [6.07, 6.45) is 1.47. The van der Waals surface area contributed by atoms with Crippen molar-refractivity contribution in [1.29, 1.82) is 0 Å². The molecule has 2 N–H and O–H groups in total. The van der Waals surface area contributed by atoms with E-state index in [4.69, 9.17) is 4.74 Å². The number of carboxylic acid groups (broad SMARTS) is 1. The number of ether oxygens (including phenoxy) is 1. The highest BCUT2D eigenvalue weighted by Gasteiger charge is 2.41. The number of carboxylic acids is 1. The first-order valence-corrected chi connectivity index (χ1v) is 5.88. The third-order valence-corrected chi connectivity index (χ3v) is 3.41. The van der Waals surface area contributed by atoms with Crippen LogP contribution in [0.25, 0.3) is 0 Å². The van der Waals surface area contributed by atoms with E-state index in [1.807, 2.05) is 0 Å². The first-order valence-electron chi connectivity index (χ1n) is 5.88. The summed E-state index contributed by atoms with van der Waals surface area (Å²) in [4.78, 5) is 11.4. The minimum absolute atomic E-state index is 0.151. The molecule has 0 spiro atoms. The van der Waals surface area contributed by atoms with Crippen LogP contribution in [0.4, 0.5) is 4.39 Å². The van der Waals surface area contributed by atoms with E-state index in [1.165, 1.54) is 13.2 Å². The third kappa shape index (κ3) is 2.31. The summed E-state index contributed by atoms with van der Waals surface area (Å²) in [5, 5.41) is 12.3. The van der Waals surface area contributed by atoms with Crippen molar-refractivity contribution in [2.45, 2.75) is 24.8 Å². The van der Waals surface area contributed by atoms with Crippen molar-refractivity contribution in [3.63, 3.8) is 0 Å². The van der Waals surface area contributed by atoms with Gasteiger partial charge in [0.2, 0.25) is 0 Å². The minimum atomic E-state index is -1.03. The molecule has 1 heterocycles. The molecule has 1 unspecified atom stereocenters. The number of nitrogens with one attached hydrogen (secondary N) is 1. The minimum Gasteiger partial charge on any atom is -0.497 e. The van der Waals surface area contributed by atoms with Crippen molar-refractivity contribution in [3.05, 3.63) is 29.6 Å². The highest BCUT2D eigenvalue weighted by Crippen LogP contribution is 2.27. The van der Waals surface area contributed by atoms with Crippen molar-refractivity contribution in [1.82, 2.24) is 5.32 Å². The SMILES string of the molecule is COc1ccc(CC2(C(=O)O)CCCN2)c(F)c1. The predicted octanol–water partition coefficient (Wildman–Crippen LogP) is 1.58. The van der Waals surface area contributed by atoms with Crippen LogP contribution in [0.15, 0.2) is 18.2 Å². The molecule has 1 aromatic rings. The van der Waals surface area contributed by atoms with E-state index in [0.29, 0.717) is 24.3 Å². The first-order chi connectivity index (χ1) is 8.57. The topological polar surface area (TPSA) is 58.6 Å². The van der Waals surface area contributed by atoms with Crippen LogP contribution in [0.2, 0.25) is 0 Å². The maximum Gasteiger partial charge on any atom is 0.324 e. The Bertz CT molecular complexity index is 456. The van der Waals surface area contributed by atoms with E-state index in [-0.39, 0.29) is 6.42 Å². The van der Waals surface area contributed by atoms with E-state index in [9.17, 15) is 14.3 Å². The Balaban J connectivity index is 2.24. The number of aliphatic carboxylic acids is 1. The smallest absolute Gasteiger partial charge is 0.324 e. The number of rotatable bonds is 4. The van der Waals surface area contributed by atoms with Crippen LogP contribution >= 0.6 is 0 Å². The molecule has 98 valence electrons. The van der Waals surface area contributed by atoms with Gasteiger partial charge in [0.1, 0.15) is 17.1 Å². The van der Waals surface area contributed by atoms with Gasteiger partial charge in [-0.2, -0.15) is 0 Å². The lowest BCUT2D eigenvalue weighted by atomic mass is 9.89. The van der Waals surface area contributed by atoms with Gasteiger partial charge in [-0.25, -0.2) is 4.39 Å². The fourth-order valence-corrected chi connectivity index (χ4v) is 2.34. The maximum absolute atomic E-state index is 13.8. The fraction of sp³-hybridized carbons (Fsp3) is 0.462. The van der Waals surface area contributed by atoms with Gasteiger partial charge < -0.3 is 15.2 Å². The lowest BCUT2D eigenvalue weighted by Gasteiger charge is -2.24. The second kappa shape index (κ2) is 4.94. The summed E-state index contributed by atoms with van der Waals surface area (Å²) in [6.45, 7) is 0.657. The lowest BCUT2D eigenvalue weighted by molar-refractivity contribution is -0.144. The normalized spacial score (nSPS) is 23.0. The van der Waals surface area contributed by atoms with Crippen LogP contribution in [0.3, 0.4) is 0 Å². The van der Waals surface area contributed by atoms with Crippen LogP contribution in [-0.4, -0.2) is 30.3 Å². The molecule has 2 rings (SSSR count). The lowest BCUT2D eigenvalue weighted by Crippen LogP contribution is -2.49. The molecule has 5 heteroatoms. The molecule has 1 aromatic carbocycles. The van der Waals surface area contributed by atoms with Crippen LogP contribution in [0.1, 0.15) is 18.4 Å². The number of carbonyl (C=O) groups is 1. The van der Waals surface area contributed by atoms with Crippen LogP contribution in [-0.2, 0) is 11.2 Å². The number of hydrogen-bond acceptors (Lipinski definition) is 3. The molecular weight excluding hydrogens is 237 g/mol. The zero-order chi connectivity index (χ0) is 13.2.